The van der Waals surface area contributed by atoms with Crippen molar-refractivity contribution in [1.29, 1.82) is 0 Å². The van der Waals surface area contributed by atoms with E-state index in [1.165, 1.54) is 10.6 Å². The molecule has 1 unspecified atom stereocenters. The summed E-state index contributed by atoms with van der Waals surface area (Å²) in [5.74, 6) is 1.24. The highest BCUT2D eigenvalue weighted by atomic mass is 32.2. The molecule has 0 saturated carbocycles. The SMILES string of the molecule is CC(C)C(CNC(=O)C1CCCCN1S(C)(=O)=O)C(C)C. The third kappa shape index (κ3) is 5.25. The van der Waals surface area contributed by atoms with Crippen molar-refractivity contribution >= 4 is 15.9 Å². The molecule has 1 fully saturated rings. The quantitative estimate of drug-likeness (QED) is 0.812. The van der Waals surface area contributed by atoms with Crippen molar-refractivity contribution in [2.45, 2.75) is 53.0 Å². The molecule has 1 atom stereocenters. The molecule has 0 aromatic rings. The van der Waals surface area contributed by atoms with Gasteiger partial charge in [0.05, 0.1) is 6.26 Å². The molecule has 0 aliphatic carbocycles. The highest BCUT2D eigenvalue weighted by Gasteiger charge is 2.34. The van der Waals surface area contributed by atoms with Crippen LogP contribution in [0.1, 0.15) is 47.0 Å². The Bertz CT molecular complexity index is 438. The van der Waals surface area contributed by atoms with Crippen molar-refractivity contribution in [2.75, 3.05) is 19.3 Å². The number of hydrogen-bond donors (Lipinski definition) is 1. The van der Waals surface area contributed by atoms with Crippen molar-refractivity contribution in [1.82, 2.24) is 9.62 Å². The summed E-state index contributed by atoms with van der Waals surface area (Å²) in [5, 5.41) is 2.97. The fourth-order valence-electron chi connectivity index (χ4n) is 3.14. The molecule has 124 valence electrons. The van der Waals surface area contributed by atoms with Crippen molar-refractivity contribution in [2.24, 2.45) is 17.8 Å². The lowest BCUT2D eigenvalue weighted by atomic mass is 9.85. The van der Waals surface area contributed by atoms with Crippen LogP contribution in [0.4, 0.5) is 0 Å². The highest BCUT2D eigenvalue weighted by molar-refractivity contribution is 7.88. The predicted molar refractivity (Wildman–Crippen MR) is 85.4 cm³/mol. The first-order valence-corrected chi connectivity index (χ1v) is 9.74. The van der Waals surface area contributed by atoms with Gasteiger partial charge in [0.2, 0.25) is 15.9 Å². The van der Waals surface area contributed by atoms with Crippen LogP contribution in [0.5, 0.6) is 0 Å². The first kappa shape index (κ1) is 18.4. The van der Waals surface area contributed by atoms with Gasteiger partial charge in [-0.15, -0.1) is 0 Å². The van der Waals surface area contributed by atoms with E-state index in [2.05, 4.69) is 33.0 Å². The number of piperidine rings is 1. The number of carbonyl (C=O) groups excluding carboxylic acids is 1. The largest absolute Gasteiger partial charge is 0.354 e. The number of rotatable bonds is 6. The van der Waals surface area contributed by atoms with Crippen LogP contribution in [0, 0.1) is 17.8 Å². The van der Waals surface area contributed by atoms with Crippen molar-refractivity contribution in [3.8, 4) is 0 Å². The molecule has 1 N–H and O–H groups in total. The van der Waals surface area contributed by atoms with E-state index in [9.17, 15) is 13.2 Å². The molecule has 0 aromatic carbocycles. The van der Waals surface area contributed by atoms with Crippen LogP contribution in [0.3, 0.4) is 0 Å². The molecule has 5 nitrogen and oxygen atoms in total. The van der Waals surface area contributed by atoms with Crippen LogP contribution in [-0.4, -0.2) is 44.0 Å². The summed E-state index contributed by atoms with van der Waals surface area (Å²) in [5.41, 5.74) is 0. The number of carbonyl (C=O) groups is 1. The Hall–Kier alpha value is -0.620. The number of hydrogen-bond acceptors (Lipinski definition) is 3. The molecule has 1 saturated heterocycles. The van der Waals surface area contributed by atoms with E-state index >= 15 is 0 Å². The molecule has 6 heteroatoms. The van der Waals surface area contributed by atoms with E-state index in [-0.39, 0.29) is 5.91 Å². The molecule has 1 rings (SSSR count). The van der Waals surface area contributed by atoms with Gasteiger partial charge < -0.3 is 5.32 Å². The Morgan fingerprint density at radius 1 is 1.19 bits per heavy atom. The average molecular weight is 318 g/mol. The third-order valence-electron chi connectivity index (χ3n) is 4.41. The van der Waals surface area contributed by atoms with E-state index in [0.29, 0.717) is 37.3 Å². The standard InChI is InChI=1S/C15H30N2O3S/c1-11(2)13(12(3)4)10-16-15(18)14-8-6-7-9-17(14)21(5,19)20/h11-14H,6-10H2,1-5H3,(H,16,18). The van der Waals surface area contributed by atoms with E-state index < -0.39 is 16.1 Å². The second-order valence-electron chi connectivity index (χ2n) is 6.78. The summed E-state index contributed by atoms with van der Waals surface area (Å²) in [6.07, 6.45) is 3.54. The smallest absolute Gasteiger partial charge is 0.238 e. The summed E-state index contributed by atoms with van der Waals surface area (Å²) in [6.45, 7) is 9.68. The number of sulfonamides is 1. The lowest BCUT2D eigenvalue weighted by Crippen LogP contribution is -2.52. The number of amides is 1. The van der Waals surface area contributed by atoms with Gasteiger partial charge in [-0.05, 0) is 30.6 Å². The predicted octanol–water partition coefficient (Wildman–Crippen LogP) is 1.84. The molecule has 21 heavy (non-hydrogen) atoms. The van der Waals surface area contributed by atoms with Crippen LogP contribution >= 0.6 is 0 Å². The summed E-state index contributed by atoms with van der Waals surface area (Å²) in [6, 6.07) is -0.534. The van der Waals surface area contributed by atoms with Gasteiger partial charge in [-0.1, -0.05) is 34.1 Å². The zero-order chi connectivity index (χ0) is 16.2. The number of nitrogens with one attached hydrogen (secondary N) is 1. The van der Waals surface area contributed by atoms with Crippen LogP contribution < -0.4 is 5.32 Å². The van der Waals surface area contributed by atoms with E-state index in [1.807, 2.05) is 0 Å². The second-order valence-corrected chi connectivity index (χ2v) is 8.72. The molecule has 0 radical (unpaired) electrons. The van der Waals surface area contributed by atoms with Crippen LogP contribution in [-0.2, 0) is 14.8 Å². The first-order valence-electron chi connectivity index (χ1n) is 7.89. The van der Waals surface area contributed by atoms with Crippen LogP contribution in [0.2, 0.25) is 0 Å². The summed E-state index contributed by atoms with van der Waals surface area (Å²) in [4.78, 5) is 12.4. The van der Waals surface area contributed by atoms with Gasteiger partial charge in [0, 0.05) is 13.1 Å². The Morgan fingerprint density at radius 3 is 2.24 bits per heavy atom. The van der Waals surface area contributed by atoms with Crippen molar-refractivity contribution in [3.63, 3.8) is 0 Å². The van der Waals surface area contributed by atoms with E-state index in [0.717, 1.165) is 12.8 Å². The van der Waals surface area contributed by atoms with E-state index in [4.69, 9.17) is 0 Å². The fraction of sp³-hybridized carbons (Fsp3) is 0.933. The maximum absolute atomic E-state index is 12.4. The van der Waals surface area contributed by atoms with Gasteiger partial charge >= 0.3 is 0 Å². The minimum absolute atomic E-state index is 0.147. The van der Waals surface area contributed by atoms with Gasteiger partial charge in [-0.3, -0.25) is 4.79 Å². The van der Waals surface area contributed by atoms with Gasteiger partial charge in [-0.2, -0.15) is 4.31 Å². The van der Waals surface area contributed by atoms with Crippen molar-refractivity contribution < 1.29 is 13.2 Å². The van der Waals surface area contributed by atoms with Crippen LogP contribution in [0.15, 0.2) is 0 Å². The highest BCUT2D eigenvalue weighted by Crippen LogP contribution is 2.22. The van der Waals surface area contributed by atoms with E-state index in [1.54, 1.807) is 0 Å². The fourth-order valence-corrected chi connectivity index (χ4v) is 4.27. The molecule has 1 aliphatic heterocycles. The zero-order valence-corrected chi connectivity index (χ0v) is 14.7. The third-order valence-corrected chi connectivity index (χ3v) is 5.70. The Labute approximate surface area is 129 Å². The first-order chi connectivity index (χ1) is 9.64. The van der Waals surface area contributed by atoms with Gasteiger partial charge in [-0.25, -0.2) is 8.42 Å². The summed E-state index contributed by atoms with van der Waals surface area (Å²) < 4.78 is 25.0. The van der Waals surface area contributed by atoms with Gasteiger partial charge in [0.15, 0.2) is 0 Å². The number of nitrogens with zero attached hydrogens (tertiary/aromatic N) is 1. The monoisotopic (exact) mass is 318 g/mol. The summed E-state index contributed by atoms with van der Waals surface area (Å²) in [7, 11) is -3.32. The average Bonchev–Trinajstić information content (AvgIpc) is 2.36. The molecule has 1 aliphatic rings. The summed E-state index contributed by atoms with van der Waals surface area (Å²) >= 11 is 0. The Balaban J connectivity index is 2.69. The molecule has 0 spiro atoms. The topological polar surface area (TPSA) is 66.5 Å². The normalized spacial score (nSPS) is 21.2. The second kappa shape index (κ2) is 7.58. The maximum Gasteiger partial charge on any atom is 0.238 e. The maximum atomic E-state index is 12.4. The molecule has 0 aromatic heterocycles. The van der Waals surface area contributed by atoms with Gasteiger partial charge in [0.1, 0.15) is 6.04 Å². The molecule has 0 bridgehead atoms. The Kier molecular flexibility index (Phi) is 6.66. The minimum atomic E-state index is -3.32. The van der Waals surface area contributed by atoms with Crippen molar-refractivity contribution in [3.05, 3.63) is 0 Å². The molecular formula is C15H30N2O3S. The minimum Gasteiger partial charge on any atom is -0.354 e. The van der Waals surface area contributed by atoms with Crippen LogP contribution in [0.25, 0.3) is 0 Å². The lowest BCUT2D eigenvalue weighted by molar-refractivity contribution is -0.126. The molecule has 1 heterocycles. The lowest BCUT2D eigenvalue weighted by Gasteiger charge is -2.33. The molecule has 1 amide bonds. The zero-order valence-electron chi connectivity index (χ0n) is 13.9. The Morgan fingerprint density at radius 2 is 1.76 bits per heavy atom. The molecular weight excluding hydrogens is 288 g/mol. The van der Waals surface area contributed by atoms with Gasteiger partial charge in [0.25, 0.3) is 0 Å².